The minimum Gasteiger partial charge on any atom is -0.497 e. The second kappa shape index (κ2) is 6.86. The van der Waals surface area contributed by atoms with Gasteiger partial charge in [0.2, 0.25) is 0 Å². The van der Waals surface area contributed by atoms with E-state index in [-0.39, 0.29) is 5.56 Å². The predicted molar refractivity (Wildman–Crippen MR) is 115 cm³/mol. The molecule has 0 radical (unpaired) electrons. The minimum atomic E-state index is -0.488. The lowest BCUT2D eigenvalue weighted by Gasteiger charge is -2.06. The van der Waals surface area contributed by atoms with Crippen molar-refractivity contribution in [2.75, 3.05) is 7.11 Å². The van der Waals surface area contributed by atoms with Crippen LogP contribution in [-0.2, 0) is 0 Å². The molecule has 8 heteroatoms. The zero-order chi connectivity index (χ0) is 20.1. The van der Waals surface area contributed by atoms with E-state index in [1.54, 1.807) is 37.7 Å². The summed E-state index contributed by atoms with van der Waals surface area (Å²) < 4.78 is 6.88. The van der Waals surface area contributed by atoms with Crippen molar-refractivity contribution in [2.45, 2.75) is 18.8 Å². The number of hydrogen-bond donors (Lipinski definition) is 1. The van der Waals surface area contributed by atoms with Crippen molar-refractivity contribution in [1.82, 2.24) is 14.5 Å². The maximum Gasteiger partial charge on any atom is 0.333 e. The first-order valence-corrected chi connectivity index (χ1v) is 10.3. The number of ether oxygens (including phenoxy) is 1. The zero-order valence-corrected chi connectivity index (χ0v) is 17.0. The molecule has 146 valence electrons. The summed E-state index contributed by atoms with van der Waals surface area (Å²) in [6.45, 7) is 0. The summed E-state index contributed by atoms with van der Waals surface area (Å²) in [5.41, 5.74) is 1.92. The quantitative estimate of drug-likeness (QED) is 0.527. The first-order chi connectivity index (χ1) is 14.0. The van der Waals surface area contributed by atoms with Crippen molar-refractivity contribution >= 4 is 33.2 Å². The molecule has 1 aliphatic carbocycles. The SMILES string of the molecule is COc1ccc(Cl)c(-c2cc3[nH]c(=O)n(-c4cncc(C5CC5)c4)c(=O)c3s2)c1. The van der Waals surface area contributed by atoms with E-state index in [0.717, 1.165) is 33.4 Å². The van der Waals surface area contributed by atoms with E-state index in [1.165, 1.54) is 11.3 Å². The smallest absolute Gasteiger partial charge is 0.333 e. The molecule has 1 aliphatic rings. The van der Waals surface area contributed by atoms with E-state index in [4.69, 9.17) is 16.3 Å². The van der Waals surface area contributed by atoms with Crippen LogP contribution in [0.2, 0.25) is 5.02 Å². The van der Waals surface area contributed by atoms with Crippen LogP contribution in [0.15, 0.2) is 52.3 Å². The molecule has 3 heterocycles. The number of benzene rings is 1. The molecular formula is C21H16ClN3O3S. The van der Waals surface area contributed by atoms with Gasteiger partial charge in [0.15, 0.2) is 0 Å². The lowest BCUT2D eigenvalue weighted by Crippen LogP contribution is -2.33. The number of H-pyrrole nitrogens is 1. The van der Waals surface area contributed by atoms with Crippen LogP contribution in [0.5, 0.6) is 5.75 Å². The van der Waals surface area contributed by atoms with Crippen molar-refractivity contribution in [3.8, 4) is 21.9 Å². The first kappa shape index (κ1) is 18.1. The normalized spacial score (nSPS) is 13.7. The number of thiophene rings is 1. The van der Waals surface area contributed by atoms with Gasteiger partial charge < -0.3 is 9.72 Å². The highest BCUT2D eigenvalue weighted by molar-refractivity contribution is 7.22. The van der Waals surface area contributed by atoms with Gasteiger partial charge in [0, 0.05) is 21.7 Å². The van der Waals surface area contributed by atoms with Crippen LogP contribution in [0.1, 0.15) is 24.3 Å². The van der Waals surface area contributed by atoms with Gasteiger partial charge in [-0.2, -0.15) is 0 Å². The number of pyridine rings is 1. The Morgan fingerprint density at radius 1 is 1.21 bits per heavy atom. The van der Waals surface area contributed by atoms with E-state index >= 15 is 0 Å². The number of nitrogens with zero attached hydrogens (tertiary/aromatic N) is 2. The third-order valence-corrected chi connectivity index (χ3v) is 6.55. The average Bonchev–Trinajstić information content (AvgIpc) is 3.49. The molecule has 29 heavy (non-hydrogen) atoms. The third-order valence-electron chi connectivity index (χ3n) is 5.07. The summed E-state index contributed by atoms with van der Waals surface area (Å²) in [6, 6.07) is 8.98. The second-order valence-corrected chi connectivity index (χ2v) is 8.48. The Morgan fingerprint density at radius 2 is 2.03 bits per heavy atom. The van der Waals surface area contributed by atoms with Crippen LogP contribution in [0.3, 0.4) is 0 Å². The van der Waals surface area contributed by atoms with Gasteiger partial charge in [0.05, 0.1) is 24.5 Å². The molecule has 0 spiro atoms. The molecule has 0 amide bonds. The molecule has 1 aromatic carbocycles. The van der Waals surface area contributed by atoms with Crippen molar-refractivity contribution in [3.63, 3.8) is 0 Å². The van der Waals surface area contributed by atoms with Crippen LogP contribution < -0.4 is 16.0 Å². The molecule has 5 rings (SSSR count). The molecule has 3 aromatic heterocycles. The molecule has 1 saturated carbocycles. The van der Waals surface area contributed by atoms with Gasteiger partial charge >= 0.3 is 5.69 Å². The average molecular weight is 426 g/mol. The van der Waals surface area contributed by atoms with Gasteiger partial charge in [-0.05, 0) is 54.7 Å². The number of aromatic amines is 1. The molecule has 0 unspecified atom stereocenters. The van der Waals surface area contributed by atoms with Gasteiger partial charge in [-0.25, -0.2) is 9.36 Å². The number of nitrogens with one attached hydrogen (secondary N) is 1. The Morgan fingerprint density at radius 3 is 2.79 bits per heavy atom. The van der Waals surface area contributed by atoms with E-state index in [0.29, 0.717) is 32.6 Å². The summed E-state index contributed by atoms with van der Waals surface area (Å²) in [6.07, 6.45) is 5.57. The zero-order valence-electron chi connectivity index (χ0n) is 15.4. The van der Waals surface area contributed by atoms with Crippen molar-refractivity contribution in [1.29, 1.82) is 0 Å². The molecule has 4 aromatic rings. The summed E-state index contributed by atoms with van der Waals surface area (Å²) in [5.74, 6) is 1.14. The Kier molecular flexibility index (Phi) is 4.29. The first-order valence-electron chi connectivity index (χ1n) is 9.13. The summed E-state index contributed by atoms with van der Waals surface area (Å²) in [7, 11) is 1.58. The fraction of sp³-hybridized carbons (Fsp3) is 0.190. The van der Waals surface area contributed by atoms with Gasteiger partial charge in [-0.1, -0.05) is 11.6 Å². The van der Waals surface area contributed by atoms with Gasteiger partial charge in [0.25, 0.3) is 5.56 Å². The minimum absolute atomic E-state index is 0.367. The lowest BCUT2D eigenvalue weighted by molar-refractivity contribution is 0.415. The number of aromatic nitrogens is 3. The molecular weight excluding hydrogens is 410 g/mol. The highest BCUT2D eigenvalue weighted by Crippen LogP contribution is 2.40. The fourth-order valence-electron chi connectivity index (χ4n) is 3.40. The molecule has 6 nitrogen and oxygen atoms in total. The molecule has 0 saturated heterocycles. The van der Waals surface area contributed by atoms with Crippen LogP contribution in [0, 0.1) is 0 Å². The fourth-order valence-corrected chi connectivity index (χ4v) is 4.75. The van der Waals surface area contributed by atoms with E-state index in [1.807, 2.05) is 12.1 Å². The van der Waals surface area contributed by atoms with Crippen molar-refractivity contribution in [2.24, 2.45) is 0 Å². The lowest BCUT2D eigenvalue weighted by atomic mass is 10.1. The van der Waals surface area contributed by atoms with Crippen LogP contribution >= 0.6 is 22.9 Å². The van der Waals surface area contributed by atoms with Gasteiger partial charge in [-0.15, -0.1) is 11.3 Å². The van der Waals surface area contributed by atoms with E-state index in [2.05, 4.69) is 9.97 Å². The highest BCUT2D eigenvalue weighted by atomic mass is 35.5. The number of hydrogen-bond acceptors (Lipinski definition) is 5. The number of fused-ring (bicyclic) bond motifs is 1. The summed E-state index contributed by atoms with van der Waals surface area (Å²) in [5, 5.41) is 0.543. The van der Waals surface area contributed by atoms with Gasteiger partial charge in [-0.3, -0.25) is 9.78 Å². The van der Waals surface area contributed by atoms with Crippen LogP contribution in [-0.4, -0.2) is 21.6 Å². The molecule has 1 fully saturated rings. The highest BCUT2D eigenvalue weighted by Gasteiger charge is 2.24. The van der Waals surface area contributed by atoms with E-state index in [9.17, 15) is 9.59 Å². The van der Waals surface area contributed by atoms with Crippen molar-refractivity contribution in [3.05, 3.63) is 74.1 Å². The number of halogens is 1. The molecule has 0 aliphatic heterocycles. The Hall–Kier alpha value is -2.90. The standard InChI is InChI=1S/C21H16ClN3O3S/c1-28-14-4-5-16(22)15(7-14)18-8-17-19(29-18)20(26)25(21(27)24-17)13-6-12(9-23-10-13)11-2-3-11/h4-11H,2-3H2,1H3,(H,24,27). The van der Waals surface area contributed by atoms with Crippen LogP contribution in [0.25, 0.3) is 26.3 Å². The topological polar surface area (TPSA) is 77.0 Å². The van der Waals surface area contributed by atoms with Crippen molar-refractivity contribution < 1.29 is 4.74 Å². The van der Waals surface area contributed by atoms with Gasteiger partial charge in [0.1, 0.15) is 10.4 Å². The maximum atomic E-state index is 13.2. The summed E-state index contributed by atoms with van der Waals surface area (Å²) >= 11 is 7.64. The third kappa shape index (κ3) is 3.16. The van der Waals surface area contributed by atoms with E-state index < -0.39 is 5.69 Å². The van der Waals surface area contributed by atoms with Crippen LogP contribution in [0.4, 0.5) is 0 Å². The molecule has 0 atom stereocenters. The summed E-state index contributed by atoms with van der Waals surface area (Å²) in [4.78, 5) is 33.7. The maximum absolute atomic E-state index is 13.2. The Bertz CT molecular complexity index is 1370. The Balaban J connectivity index is 1.69. The largest absolute Gasteiger partial charge is 0.497 e. The monoisotopic (exact) mass is 425 g/mol. The number of methoxy groups -OCH3 is 1. The second-order valence-electron chi connectivity index (χ2n) is 7.02. The molecule has 1 N–H and O–H groups in total. The number of rotatable bonds is 4. The predicted octanol–water partition coefficient (Wildman–Crippen LogP) is 4.34. The Labute approximate surface area is 174 Å². The molecule has 0 bridgehead atoms.